The SMILES string of the molecule is NS(=O)(=O)c1ccc(NC(=O)[C@H]2COc3ccccc3C2)cc1. The number of benzene rings is 2. The van der Waals surface area contributed by atoms with Gasteiger partial charge in [0, 0.05) is 5.69 Å². The molecule has 0 aromatic heterocycles. The molecule has 3 rings (SSSR count). The van der Waals surface area contributed by atoms with E-state index in [2.05, 4.69) is 5.32 Å². The molecule has 0 spiro atoms. The third-order valence-electron chi connectivity index (χ3n) is 3.70. The fraction of sp³-hybridized carbons (Fsp3) is 0.188. The number of amides is 1. The molecule has 2 aromatic rings. The zero-order valence-corrected chi connectivity index (χ0v) is 13.0. The van der Waals surface area contributed by atoms with Crippen LogP contribution >= 0.6 is 0 Å². The Morgan fingerprint density at radius 3 is 2.52 bits per heavy atom. The van der Waals surface area contributed by atoms with Gasteiger partial charge in [0.15, 0.2) is 0 Å². The Kier molecular flexibility index (Phi) is 4.06. The zero-order valence-electron chi connectivity index (χ0n) is 12.2. The van der Waals surface area contributed by atoms with Crippen molar-refractivity contribution in [2.24, 2.45) is 11.1 Å². The fourth-order valence-corrected chi connectivity index (χ4v) is 2.98. The molecule has 0 fully saturated rings. The van der Waals surface area contributed by atoms with Crippen molar-refractivity contribution in [1.82, 2.24) is 0 Å². The summed E-state index contributed by atoms with van der Waals surface area (Å²) in [5.41, 5.74) is 1.52. The molecule has 1 heterocycles. The van der Waals surface area contributed by atoms with Gasteiger partial charge in [-0.05, 0) is 42.3 Å². The van der Waals surface area contributed by atoms with E-state index in [1.807, 2.05) is 24.3 Å². The van der Waals surface area contributed by atoms with Crippen molar-refractivity contribution < 1.29 is 17.9 Å². The minimum absolute atomic E-state index is 0.00502. The maximum atomic E-state index is 12.3. The summed E-state index contributed by atoms with van der Waals surface area (Å²) in [5, 5.41) is 7.81. The molecule has 0 bridgehead atoms. The Balaban J connectivity index is 1.68. The van der Waals surface area contributed by atoms with E-state index >= 15 is 0 Å². The van der Waals surface area contributed by atoms with E-state index in [4.69, 9.17) is 9.88 Å². The quantitative estimate of drug-likeness (QED) is 0.890. The van der Waals surface area contributed by atoms with Gasteiger partial charge in [-0.1, -0.05) is 18.2 Å². The summed E-state index contributed by atoms with van der Waals surface area (Å²) < 4.78 is 28.0. The summed E-state index contributed by atoms with van der Waals surface area (Å²) in [6, 6.07) is 13.4. The van der Waals surface area contributed by atoms with Crippen molar-refractivity contribution in [3.05, 3.63) is 54.1 Å². The fourth-order valence-electron chi connectivity index (χ4n) is 2.47. The second-order valence-corrected chi connectivity index (χ2v) is 6.94. The van der Waals surface area contributed by atoms with E-state index in [1.54, 1.807) is 0 Å². The molecule has 7 heteroatoms. The Labute approximate surface area is 134 Å². The first kappa shape index (κ1) is 15.5. The first-order valence-corrected chi connectivity index (χ1v) is 8.62. The summed E-state index contributed by atoms with van der Waals surface area (Å²) in [4.78, 5) is 12.3. The van der Waals surface area contributed by atoms with E-state index in [1.165, 1.54) is 24.3 Å². The van der Waals surface area contributed by atoms with Crippen LogP contribution in [0.15, 0.2) is 53.4 Å². The second-order valence-electron chi connectivity index (χ2n) is 5.38. The number of anilines is 1. The van der Waals surface area contributed by atoms with Crippen LogP contribution in [-0.4, -0.2) is 20.9 Å². The van der Waals surface area contributed by atoms with E-state index in [-0.39, 0.29) is 16.7 Å². The number of hydrogen-bond acceptors (Lipinski definition) is 4. The highest BCUT2D eigenvalue weighted by Gasteiger charge is 2.25. The molecule has 2 aromatic carbocycles. The van der Waals surface area contributed by atoms with Crippen LogP contribution in [-0.2, 0) is 21.2 Å². The Morgan fingerprint density at radius 2 is 1.83 bits per heavy atom. The van der Waals surface area contributed by atoms with Crippen molar-refractivity contribution in [2.75, 3.05) is 11.9 Å². The second kappa shape index (κ2) is 6.02. The number of carbonyl (C=O) groups excluding carboxylic acids is 1. The van der Waals surface area contributed by atoms with Gasteiger partial charge >= 0.3 is 0 Å². The van der Waals surface area contributed by atoms with Crippen LogP contribution in [0.3, 0.4) is 0 Å². The number of para-hydroxylation sites is 1. The van der Waals surface area contributed by atoms with Crippen molar-refractivity contribution in [3.63, 3.8) is 0 Å². The largest absolute Gasteiger partial charge is 0.492 e. The van der Waals surface area contributed by atoms with Crippen molar-refractivity contribution in [2.45, 2.75) is 11.3 Å². The number of rotatable bonds is 3. The molecule has 1 aliphatic heterocycles. The van der Waals surface area contributed by atoms with E-state index < -0.39 is 10.0 Å². The average Bonchev–Trinajstić information content (AvgIpc) is 2.54. The van der Waals surface area contributed by atoms with Crippen LogP contribution in [0.4, 0.5) is 5.69 Å². The standard InChI is InChI=1S/C16H16N2O4S/c17-23(20,21)14-7-5-13(6-8-14)18-16(19)12-9-11-3-1-2-4-15(11)22-10-12/h1-8,12H,9-10H2,(H,18,19)(H2,17,20,21)/t12-/m1/s1. The molecule has 0 saturated carbocycles. The summed E-state index contributed by atoms with van der Waals surface area (Å²) in [5.74, 6) is 0.361. The lowest BCUT2D eigenvalue weighted by molar-refractivity contribution is -0.121. The molecule has 120 valence electrons. The molecule has 3 N–H and O–H groups in total. The number of nitrogens with two attached hydrogens (primary N) is 1. The van der Waals surface area contributed by atoms with E-state index in [0.29, 0.717) is 18.7 Å². The van der Waals surface area contributed by atoms with Crippen LogP contribution in [0.1, 0.15) is 5.56 Å². The van der Waals surface area contributed by atoms with Crippen LogP contribution in [0.25, 0.3) is 0 Å². The molecule has 1 aliphatic rings. The highest BCUT2D eigenvalue weighted by Crippen LogP contribution is 2.27. The first-order valence-electron chi connectivity index (χ1n) is 7.08. The molecular weight excluding hydrogens is 316 g/mol. The maximum Gasteiger partial charge on any atom is 0.238 e. The Hall–Kier alpha value is -2.38. The lowest BCUT2D eigenvalue weighted by Crippen LogP contribution is -2.32. The molecule has 0 saturated heterocycles. The topological polar surface area (TPSA) is 98.5 Å². The summed E-state index contributed by atoms with van der Waals surface area (Å²) in [7, 11) is -3.73. The van der Waals surface area contributed by atoms with Crippen LogP contribution < -0.4 is 15.2 Å². The first-order chi connectivity index (χ1) is 10.9. The Bertz CT molecular complexity index is 831. The van der Waals surface area contributed by atoms with Gasteiger partial charge in [0.25, 0.3) is 0 Å². The summed E-state index contributed by atoms with van der Waals surface area (Å²) in [6.45, 7) is 0.318. The third-order valence-corrected chi connectivity index (χ3v) is 4.63. The number of nitrogens with one attached hydrogen (secondary N) is 1. The van der Waals surface area contributed by atoms with Gasteiger partial charge < -0.3 is 10.1 Å². The predicted octanol–water partition coefficient (Wildman–Crippen LogP) is 1.52. The van der Waals surface area contributed by atoms with E-state index in [9.17, 15) is 13.2 Å². The normalized spacial score (nSPS) is 17.0. The van der Waals surface area contributed by atoms with E-state index in [0.717, 1.165) is 11.3 Å². The molecule has 0 aliphatic carbocycles. The summed E-state index contributed by atoms with van der Waals surface area (Å²) >= 11 is 0. The van der Waals surface area contributed by atoms with Gasteiger partial charge in [-0.3, -0.25) is 4.79 Å². The van der Waals surface area contributed by atoms with Gasteiger partial charge in [-0.25, -0.2) is 13.6 Å². The number of primary sulfonamides is 1. The highest BCUT2D eigenvalue weighted by molar-refractivity contribution is 7.89. The van der Waals surface area contributed by atoms with Gasteiger partial charge in [0.2, 0.25) is 15.9 Å². The Morgan fingerprint density at radius 1 is 1.13 bits per heavy atom. The van der Waals surface area contributed by atoms with Gasteiger partial charge in [0.05, 0.1) is 10.8 Å². The number of carbonyl (C=O) groups is 1. The number of fused-ring (bicyclic) bond motifs is 1. The molecular formula is C16H16N2O4S. The van der Waals surface area contributed by atoms with Crippen LogP contribution in [0, 0.1) is 5.92 Å². The van der Waals surface area contributed by atoms with Crippen molar-refractivity contribution >= 4 is 21.6 Å². The van der Waals surface area contributed by atoms with Gasteiger partial charge in [-0.2, -0.15) is 0 Å². The predicted molar refractivity (Wildman–Crippen MR) is 85.6 cm³/mol. The molecule has 0 unspecified atom stereocenters. The number of sulfonamides is 1. The monoisotopic (exact) mass is 332 g/mol. The van der Waals surface area contributed by atoms with Crippen molar-refractivity contribution in [1.29, 1.82) is 0 Å². The van der Waals surface area contributed by atoms with Gasteiger partial charge in [-0.15, -0.1) is 0 Å². The zero-order chi connectivity index (χ0) is 16.4. The van der Waals surface area contributed by atoms with Crippen molar-refractivity contribution in [3.8, 4) is 5.75 Å². The summed E-state index contributed by atoms with van der Waals surface area (Å²) in [6.07, 6.45) is 0.608. The smallest absolute Gasteiger partial charge is 0.238 e. The number of ether oxygens (including phenoxy) is 1. The van der Waals surface area contributed by atoms with Crippen LogP contribution in [0.5, 0.6) is 5.75 Å². The van der Waals surface area contributed by atoms with Gasteiger partial charge in [0.1, 0.15) is 12.4 Å². The highest BCUT2D eigenvalue weighted by atomic mass is 32.2. The minimum Gasteiger partial charge on any atom is -0.492 e. The molecule has 0 radical (unpaired) electrons. The maximum absolute atomic E-state index is 12.3. The molecule has 1 amide bonds. The lowest BCUT2D eigenvalue weighted by Gasteiger charge is -2.24. The van der Waals surface area contributed by atoms with Crippen LogP contribution in [0.2, 0.25) is 0 Å². The molecule has 6 nitrogen and oxygen atoms in total. The number of hydrogen-bond donors (Lipinski definition) is 2. The molecule has 23 heavy (non-hydrogen) atoms. The average molecular weight is 332 g/mol. The minimum atomic E-state index is -3.73. The third kappa shape index (κ3) is 3.52. The lowest BCUT2D eigenvalue weighted by atomic mass is 9.96. The molecule has 1 atom stereocenters.